The van der Waals surface area contributed by atoms with Crippen LogP contribution in [0.2, 0.25) is 0 Å². The van der Waals surface area contributed by atoms with Gasteiger partial charge in [-0.25, -0.2) is 4.39 Å². The fourth-order valence-corrected chi connectivity index (χ4v) is 2.47. The van der Waals surface area contributed by atoms with Gasteiger partial charge in [-0.15, -0.1) is 0 Å². The Labute approximate surface area is 121 Å². The van der Waals surface area contributed by atoms with E-state index in [4.69, 9.17) is 5.73 Å². The lowest BCUT2D eigenvalue weighted by atomic mass is 9.81. The van der Waals surface area contributed by atoms with E-state index < -0.39 is 5.41 Å². The summed E-state index contributed by atoms with van der Waals surface area (Å²) in [6, 6.07) is 4.42. The first kappa shape index (κ1) is 16.1. The molecule has 0 heterocycles. The lowest BCUT2D eigenvalue weighted by Crippen LogP contribution is -2.45. The van der Waals surface area contributed by atoms with E-state index in [1.54, 1.807) is 6.07 Å². The van der Waals surface area contributed by atoms with Crippen LogP contribution in [0.15, 0.2) is 22.7 Å². The summed E-state index contributed by atoms with van der Waals surface area (Å²) in [4.78, 5) is 12.2. The Morgan fingerprint density at radius 2 is 2.05 bits per heavy atom. The zero-order valence-electron chi connectivity index (χ0n) is 11.3. The van der Waals surface area contributed by atoms with Crippen molar-refractivity contribution in [1.29, 1.82) is 0 Å². The molecular formula is C14H20BrFN2O. The van der Waals surface area contributed by atoms with Gasteiger partial charge in [0.05, 0.1) is 5.41 Å². The molecule has 0 aliphatic carbocycles. The maximum absolute atomic E-state index is 13.0. The molecule has 1 aromatic rings. The molecule has 0 radical (unpaired) electrons. The summed E-state index contributed by atoms with van der Waals surface area (Å²) >= 11 is 3.28. The molecule has 0 aliphatic rings. The molecule has 0 aliphatic heterocycles. The van der Waals surface area contributed by atoms with E-state index in [0.29, 0.717) is 30.4 Å². The number of rotatable bonds is 6. The Balaban J connectivity index is 2.73. The highest BCUT2D eigenvalue weighted by Gasteiger charge is 2.32. The third-order valence-electron chi connectivity index (χ3n) is 3.68. The maximum Gasteiger partial charge on any atom is 0.227 e. The molecule has 0 bridgehead atoms. The minimum atomic E-state index is -0.507. The van der Waals surface area contributed by atoms with Crippen molar-refractivity contribution in [3.8, 4) is 0 Å². The van der Waals surface area contributed by atoms with Gasteiger partial charge in [-0.1, -0.05) is 35.8 Å². The number of carbonyl (C=O) groups is 1. The predicted molar refractivity (Wildman–Crippen MR) is 78.0 cm³/mol. The van der Waals surface area contributed by atoms with Crippen molar-refractivity contribution in [3.63, 3.8) is 0 Å². The molecule has 1 amide bonds. The topological polar surface area (TPSA) is 55.1 Å². The molecule has 0 saturated heterocycles. The average Bonchev–Trinajstić information content (AvgIpc) is 2.40. The Morgan fingerprint density at radius 1 is 1.42 bits per heavy atom. The summed E-state index contributed by atoms with van der Waals surface area (Å²) in [7, 11) is 0. The van der Waals surface area contributed by atoms with Gasteiger partial charge in [-0.2, -0.15) is 0 Å². The fraction of sp³-hybridized carbons (Fsp3) is 0.500. The quantitative estimate of drug-likeness (QED) is 0.842. The SMILES string of the molecule is CCC(CC)(CN)C(=O)NCc1ccc(F)cc1Br. The number of hydrogen-bond acceptors (Lipinski definition) is 2. The second-order valence-electron chi connectivity index (χ2n) is 4.61. The van der Waals surface area contributed by atoms with E-state index >= 15 is 0 Å². The average molecular weight is 331 g/mol. The number of halogens is 2. The van der Waals surface area contributed by atoms with Crippen LogP contribution in [0.1, 0.15) is 32.3 Å². The Morgan fingerprint density at radius 3 is 2.53 bits per heavy atom. The largest absolute Gasteiger partial charge is 0.351 e. The first-order valence-corrected chi connectivity index (χ1v) is 7.20. The number of nitrogens with one attached hydrogen (secondary N) is 1. The van der Waals surface area contributed by atoms with E-state index in [-0.39, 0.29) is 11.7 Å². The normalized spacial score (nSPS) is 11.4. The Hall–Kier alpha value is -0.940. The first-order valence-electron chi connectivity index (χ1n) is 6.41. The second-order valence-corrected chi connectivity index (χ2v) is 5.46. The smallest absolute Gasteiger partial charge is 0.227 e. The van der Waals surface area contributed by atoms with Crippen LogP contribution in [0, 0.1) is 11.2 Å². The van der Waals surface area contributed by atoms with Gasteiger partial charge in [-0.05, 0) is 30.5 Å². The van der Waals surface area contributed by atoms with Gasteiger partial charge in [0, 0.05) is 17.6 Å². The summed E-state index contributed by atoms with van der Waals surface area (Å²) in [6.45, 7) is 4.62. The number of benzene rings is 1. The van der Waals surface area contributed by atoms with Gasteiger partial charge in [0.2, 0.25) is 5.91 Å². The molecule has 3 N–H and O–H groups in total. The van der Waals surface area contributed by atoms with E-state index in [9.17, 15) is 9.18 Å². The number of amides is 1. The van der Waals surface area contributed by atoms with Crippen LogP contribution < -0.4 is 11.1 Å². The monoisotopic (exact) mass is 330 g/mol. The molecule has 0 saturated carbocycles. The van der Waals surface area contributed by atoms with Crippen LogP contribution in [0.25, 0.3) is 0 Å². The predicted octanol–water partition coefficient (Wildman–Crippen LogP) is 2.97. The van der Waals surface area contributed by atoms with Gasteiger partial charge in [0.1, 0.15) is 5.82 Å². The molecule has 19 heavy (non-hydrogen) atoms. The molecule has 1 aromatic carbocycles. The molecule has 0 aromatic heterocycles. The van der Waals surface area contributed by atoms with Gasteiger partial charge in [0.15, 0.2) is 0 Å². The third kappa shape index (κ3) is 3.76. The second kappa shape index (κ2) is 7.01. The molecule has 0 spiro atoms. The number of nitrogens with two attached hydrogens (primary N) is 1. The minimum Gasteiger partial charge on any atom is -0.351 e. The van der Waals surface area contributed by atoms with E-state index in [2.05, 4.69) is 21.2 Å². The Kier molecular flexibility index (Phi) is 5.94. The summed E-state index contributed by atoms with van der Waals surface area (Å²) < 4.78 is 13.6. The van der Waals surface area contributed by atoms with E-state index in [1.165, 1.54) is 12.1 Å². The molecule has 5 heteroatoms. The summed E-state index contributed by atoms with van der Waals surface area (Å²) in [5.41, 5.74) is 6.06. The maximum atomic E-state index is 13.0. The Bertz CT molecular complexity index is 439. The first-order chi connectivity index (χ1) is 8.99. The summed E-state index contributed by atoms with van der Waals surface area (Å²) in [5.74, 6) is -0.350. The van der Waals surface area contributed by atoms with Crippen LogP contribution in [0.3, 0.4) is 0 Å². The number of carbonyl (C=O) groups excluding carboxylic acids is 1. The van der Waals surface area contributed by atoms with Crippen molar-refractivity contribution in [2.45, 2.75) is 33.2 Å². The highest BCUT2D eigenvalue weighted by Crippen LogP contribution is 2.25. The van der Waals surface area contributed by atoms with Crippen molar-refractivity contribution < 1.29 is 9.18 Å². The van der Waals surface area contributed by atoms with Crippen molar-refractivity contribution in [2.75, 3.05) is 6.54 Å². The zero-order valence-corrected chi connectivity index (χ0v) is 12.9. The summed E-state index contributed by atoms with van der Waals surface area (Å²) in [6.07, 6.45) is 1.41. The van der Waals surface area contributed by atoms with Crippen LogP contribution in [0.4, 0.5) is 4.39 Å². The fourth-order valence-electron chi connectivity index (χ4n) is 1.98. The van der Waals surface area contributed by atoms with E-state index in [1.807, 2.05) is 13.8 Å². The van der Waals surface area contributed by atoms with Crippen LogP contribution >= 0.6 is 15.9 Å². The molecule has 0 unspecified atom stereocenters. The van der Waals surface area contributed by atoms with Crippen LogP contribution in [-0.2, 0) is 11.3 Å². The van der Waals surface area contributed by atoms with Gasteiger partial charge >= 0.3 is 0 Å². The van der Waals surface area contributed by atoms with Gasteiger partial charge < -0.3 is 11.1 Å². The molecule has 0 atom stereocenters. The van der Waals surface area contributed by atoms with Crippen molar-refractivity contribution in [3.05, 3.63) is 34.1 Å². The molecule has 1 rings (SSSR count). The van der Waals surface area contributed by atoms with Gasteiger partial charge in [0.25, 0.3) is 0 Å². The highest BCUT2D eigenvalue weighted by atomic mass is 79.9. The lowest BCUT2D eigenvalue weighted by Gasteiger charge is -2.28. The highest BCUT2D eigenvalue weighted by molar-refractivity contribution is 9.10. The van der Waals surface area contributed by atoms with Crippen molar-refractivity contribution >= 4 is 21.8 Å². The standard InChI is InChI=1S/C14H20BrFN2O/c1-3-14(4-2,9-17)13(19)18-8-10-5-6-11(16)7-12(10)15/h5-7H,3-4,8-9,17H2,1-2H3,(H,18,19). The van der Waals surface area contributed by atoms with Gasteiger partial charge in [-0.3, -0.25) is 4.79 Å². The third-order valence-corrected chi connectivity index (χ3v) is 4.42. The van der Waals surface area contributed by atoms with E-state index in [0.717, 1.165) is 5.56 Å². The van der Waals surface area contributed by atoms with Crippen molar-refractivity contribution in [1.82, 2.24) is 5.32 Å². The molecule has 106 valence electrons. The van der Waals surface area contributed by atoms with Crippen LogP contribution in [0.5, 0.6) is 0 Å². The van der Waals surface area contributed by atoms with Crippen LogP contribution in [-0.4, -0.2) is 12.5 Å². The molecule has 0 fully saturated rings. The molecule has 3 nitrogen and oxygen atoms in total. The lowest BCUT2D eigenvalue weighted by molar-refractivity contribution is -0.131. The minimum absolute atomic E-state index is 0.0452. The van der Waals surface area contributed by atoms with Crippen molar-refractivity contribution in [2.24, 2.45) is 11.1 Å². The molecular weight excluding hydrogens is 311 g/mol. The summed E-state index contributed by atoms with van der Waals surface area (Å²) in [5, 5.41) is 2.88. The number of hydrogen-bond donors (Lipinski definition) is 2. The zero-order chi connectivity index (χ0) is 14.5.